The van der Waals surface area contributed by atoms with E-state index < -0.39 is 5.76 Å². The van der Waals surface area contributed by atoms with E-state index >= 15 is 0 Å². The zero-order valence-corrected chi connectivity index (χ0v) is 11.1. The minimum absolute atomic E-state index is 0.116. The molecule has 6 nitrogen and oxygen atoms in total. The Bertz CT molecular complexity index is 642. The van der Waals surface area contributed by atoms with Crippen molar-refractivity contribution < 1.29 is 9.21 Å². The lowest BCUT2D eigenvalue weighted by Gasteiger charge is -2.19. The molecule has 2 rings (SSSR count). The number of hydrogen-bond acceptors (Lipinski definition) is 4. The summed E-state index contributed by atoms with van der Waals surface area (Å²) in [6.45, 7) is 3.93. The van der Waals surface area contributed by atoms with Crippen molar-refractivity contribution in [3.63, 3.8) is 0 Å². The lowest BCUT2D eigenvalue weighted by Crippen LogP contribution is -2.42. The molecule has 0 spiro atoms. The second-order valence-electron chi connectivity index (χ2n) is 4.73. The molecule has 19 heavy (non-hydrogen) atoms. The van der Waals surface area contributed by atoms with Crippen LogP contribution in [-0.2, 0) is 4.79 Å². The first-order valence-electron chi connectivity index (χ1n) is 6.12. The molecule has 0 fully saturated rings. The van der Waals surface area contributed by atoms with E-state index in [-0.39, 0.29) is 17.9 Å². The molecule has 6 heteroatoms. The molecule has 1 amide bonds. The molecule has 1 aromatic carbocycles. The molecule has 0 aliphatic heterocycles. The average Bonchev–Trinajstić information content (AvgIpc) is 2.68. The Labute approximate surface area is 110 Å². The summed E-state index contributed by atoms with van der Waals surface area (Å²) in [7, 11) is 1.75. The van der Waals surface area contributed by atoms with E-state index in [1.54, 1.807) is 25.2 Å². The third kappa shape index (κ3) is 2.85. The minimum Gasteiger partial charge on any atom is -0.408 e. The summed E-state index contributed by atoms with van der Waals surface area (Å²) in [5.74, 6) is -0.442. The zero-order valence-electron chi connectivity index (χ0n) is 11.1. The Morgan fingerprint density at radius 3 is 2.74 bits per heavy atom. The number of aromatic amines is 1. The van der Waals surface area contributed by atoms with E-state index in [1.165, 1.54) is 0 Å². The molecule has 0 bridgehead atoms. The van der Waals surface area contributed by atoms with Gasteiger partial charge in [0.05, 0.1) is 11.6 Å². The normalized spacial score (nSPS) is 12.8. The molecular weight excluding hydrogens is 246 g/mol. The van der Waals surface area contributed by atoms with Crippen molar-refractivity contribution in [1.29, 1.82) is 0 Å². The van der Waals surface area contributed by atoms with Crippen molar-refractivity contribution >= 4 is 22.7 Å². The Morgan fingerprint density at radius 1 is 1.37 bits per heavy atom. The molecule has 0 radical (unpaired) electrons. The summed E-state index contributed by atoms with van der Waals surface area (Å²) in [6.07, 6.45) is 0. The predicted octanol–water partition coefficient (Wildman–Crippen LogP) is 1.30. The average molecular weight is 263 g/mol. The Morgan fingerprint density at radius 2 is 2.11 bits per heavy atom. The molecule has 0 aliphatic rings. The SMILES string of the molecule is CNC(C(=O)Nc1ccc2[nH]c(=O)oc2c1)C(C)C. The summed E-state index contributed by atoms with van der Waals surface area (Å²) in [6, 6.07) is 4.77. The molecule has 1 unspecified atom stereocenters. The van der Waals surface area contributed by atoms with Crippen LogP contribution in [0.1, 0.15) is 13.8 Å². The standard InChI is InChI=1S/C13H17N3O3/c1-7(2)11(14-3)12(17)15-8-4-5-9-10(6-8)19-13(18)16-9/h4-7,11,14H,1-3H3,(H,15,17)(H,16,18). The Balaban J connectivity index is 2.21. The zero-order chi connectivity index (χ0) is 14.0. The first-order chi connectivity index (χ1) is 9.01. The van der Waals surface area contributed by atoms with E-state index in [1.807, 2.05) is 13.8 Å². The monoisotopic (exact) mass is 263 g/mol. The van der Waals surface area contributed by atoms with Gasteiger partial charge in [-0.25, -0.2) is 4.79 Å². The fraction of sp³-hybridized carbons (Fsp3) is 0.385. The fourth-order valence-electron chi connectivity index (χ4n) is 2.01. The Kier molecular flexibility index (Phi) is 3.71. The summed E-state index contributed by atoms with van der Waals surface area (Å²) in [4.78, 5) is 25.6. The molecule has 3 N–H and O–H groups in total. The van der Waals surface area contributed by atoms with E-state index in [9.17, 15) is 9.59 Å². The highest BCUT2D eigenvalue weighted by Crippen LogP contribution is 2.17. The van der Waals surface area contributed by atoms with Gasteiger partial charge in [0.15, 0.2) is 5.58 Å². The maximum absolute atomic E-state index is 12.1. The first-order valence-corrected chi connectivity index (χ1v) is 6.12. The van der Waals surface area contributed by atoms with Gasteiger partial charge < -0.3 is 15.1 Å². The van der Waals surface area contributed by atoms with Crippen molar-refractivity contribution in [1.82, 2.24) is 10.3 Å². The van der Waals surface area contributed by atoms with Gasteiger partial charge in [-0.05, 0) is 25.1 Å². The van der Waals surface area contributed by atoms with Gasteiger partial charge in [-0.2, -0.15) is 0 Å². The van der Waals surface area contributed by atoms with Crippen LogP contribution in [0.15, 0.2) is 27.4 Å². The summed E-state index contributed by atoms with van der Waals surface area (Å²) < 4.78 is 4.95. The molecule has 1 atom stereocenters. The first kappa shape index (κ1) is 13.4. The van der Waals surface area contributed by atoms with E-state index in [4.69, 9.17) is 4.42 Å². The lowest BCUT2D eigenvalue weighted by atomic mass is 10.0. The molecular formula is C13H17N3O3. The van der Waals surface area contributed by atoms with Crippen molar-refractivity contribution in [3.05, 3.63) is 28.7 Å². The maximum Gasteiger partial charge on any atom is 0.417 e. The number of anilines is 1. The number of aromatic nitrogens is 1. The second kappa shape index (κ2) is 5.27. The number of likely N-dealkylation sites (N-methyl/N-ethyl adjacent to an activating group) is 1. The highest BCUT2D eigenvalue weighted by atomic mass is 16.4. The van der Waals surface area contributed by atoms with Crippen LogP contribution in [0, 0.1) is 5.92 Å². The molecule has 102 valence electrons. The topological polar surface area (TPSA) is 87.1 Å². The van der Waals surface area contributed by atoms with Gasteiger partial charge in [0.2, 0.25) is 5.91 Å². The third-order valence-electron chi connectivity index (χ3n) is 2.95. The fourth-order valence-corrected chi connectivity index (χ4v) is 2.01. The largest absolute Gasteiger partial charge is 0.417 e. The van der Waals surface area contributed by atoms with Gasteiger partial charge in [-0.1, -0.05) is 13.8 Å². The highest BCUT2D eigenvalue weighted by molar-refractivity contribution is 5.96. The lowest BCUT2D eigenvalue weighted by molar-refractivity contribution is -0.118. The van der Waals surface area contributed by atoms with Crippen LogP contribution in [0.3, 0.4) is 0 Å². The number of nitrogens with one attached hydrogen (secondary N) is 3. The number of fused-ring (bicyclic) bond motifs is 1. The molecule has 1 heterocycles. The number of rotatable bonds is 4. The smallest absolute Gasteiger partial charge is 0.408 e. The van der Waals surface area contributed by atoms with Crippen LogP contribution in [0.5, 0.6) is 0 Å². The van der Waals surface area contributed by atoms with Crippen LogP contribution in [0.2, 0.25) is 0 Å². The van der Waals surface area contributed by atoms with Crippen LogP contribution in [0.25, 0.3) is 11.1 Å². The van der Waals surface area contributed by atoms with Crippen LogP contribution < -0.4 is 16.4 Å². The Hall–Kier alpha value is -2.08. The van der Waals surface area contributed by atoms with Crippen LogP contribution >= 0.6 is 0 Å². The van der Waals surface area contributed by atoms with E-state index in [0.717, 1.165) is 0 Å². The minimum atomic E-state index is -0.506. The predicted molar refractivity (Wildman–Crippen MR) is 73.2 cm³/mol. The summed E-state index contributed by atoms with van der Waals surface area (Å²) in [5.41, 5.74) is 1.63. The van der Waals surface area contributed by atoms with E-state index in [2.05, 4.69) is 15.6 Å². The van der Waals surface area contributed by atoms with Gasteiger partial charge in [0, 0.05) is 11.8 Å². The molecule has 1 aromatic heterocycles. The number of H-pyrrole nitrogens is 1. The van der Waals surface area contributed by atoms with Gasteiger partial charge >= 0.3 is 5.76 Å². The molecule has 0 aliphatic carbocycles. The third-order valence-corrected chi connectivity index (χ3v) is 2.95. The van der Waals surface area contributed by atoms with E-state index in [0.29, 0.717) is 16.8 Å². The maximum atomic E-state index is 12.1. The van der Waals surface area contributed by atoms with Crippen LogP contribution in [0.4, 0.5) is 5.69 Å². The van der Waals surface area contributed by atoms with Crippen molar-refractivity contribution in [3.8, 4) is 0 Å². The summed E-state index contributed by atoms with van der Waals surface area (Å²) >= 11 is 0. The number of oxazole rings is 1. The van der Waals surface area contributed by atoms with Gasteiger partial charge in [-0.15, -0.1) is 0 Å². The van der Waals surface area contributed by atoms with Crippen molar-refractivity contribution in [2.75, 3.05) is 12.4 Å². The molecule has 0 saturated heterocycles. The molecule has 2 aromatic rings. The number of carbonyl (C=O) groups is 1. The quantitative estimate of drug-likeness (QED) is 0.776. The van der Waals surface area contributed by atoms with Gasteiger partial charge in [0.1, 0.15) is 0 Å². The summed E-state index contributed by atoms with van der Waals surface area (Å²) in [5, 5.41) is 5.77. The number of amides is 1. The number of carbonyl (C=O) groups excluding carboxylic acids is 1. The highest BCUT2D eigenvalue weighted by Gasteiger charge is 2.20. The van der Waals surface area contributed by atoms with Gasteiger partial charge in [0.25, 0.3) is 0 Å². The van der Waals surface area contributed by atoms with Gasteiger partial charge in [-0.3, -0.25) is 9.78 Å². The van der Waals surface area contributed by atoms with Crippen LogP contribution in [-0.4, -0.2) is 24.0 Å². The number of benzene rings is 1. The van der Waals surface area contributed by atoms with Crippen molar-refractivity contribution in [2.45, 2.75) is 19.9 Å². The number of hydrogen-bond donors (Lipinski definition) is 3. The second-order valence-corrected chi connectivity index (χ2v) is 4.73. The molecule has 0 saturated carbocycles. The van der Waals surface area contributed by atoms with Crippen molar-refractivity contribution in [2.24, 2.45) is 5.92 Å².